The lowest BCUT2D eigenvalue weighted by atomic mass is 9.86. The van der Waals surface area contributed by atoms with Gasteiger partial charge in [-0.15, -0.1) is 15.3 Å². The molecule has 0 saturated heterocycles. The zero-order chi connectivity index (χ0) is 15.6. The lowest BCUT2D eigenvalue weighted by Gasteiger charge is -2.26. The largest absolute Gasteiger partial charge is 0.466 e. The lowest BCUT2D eigenvalue weighted by Crippen LogP contribution is -2.37. The van der Waals surface area contributed by atoms with Crippen molar-refractivity contribution in [3.05, 3.63) is 18.0 Å². The van der Waals surface area contributed by atoms with Crippen LogP contribution in [0.1, 0.15) is 38.4 Å². The van der Waals surface area contributed by atoms with Gasteiger partial charge in [-0.1, -0.05) is 12.8 Å². The monoisotopic (exact) mass is 303 g/mol. The molecule has 1 fully saturated rings. The molecule has 22 heavy (non-hydrogen) atoms. The molecule has 0 spiro atoms. The van der Waals surface area contributed by atoms with Crippen LogP contribution in [0.25, 0.3) is 5.65 Å². The highest BCUT2D eigenvalue weighted by atomic mass is 16.5. The van der Waals surface area contributed by atoms with Gasteiger partial charge in [0.2, 0.25) is 0 Å². The highest BCUT2D eigenvalue weighted by Crippen LogP contribution is 2.39. The van der Waals surface area contributed by atoms with Crippen molar-refractivity contribution in [3.8, 4) is 0 Å². The molecule has 1 aliphatic rings. The van der Waals surface area contributed by atoms with Crippen LogP contribution >= 0.6 is 0 Å². The van der Waals surface area contributed by atoms with Gasteiger partial charge in [0.1, 0.15) is 5.82 Å². The van der Waals surface area contributed by atoms with Crippen molar-refractivity contribution in [2.45, 2.75) is 39.5 Å². The second-order valence-corrected chi connectivity index (χ2v) is 5.80. The number of ether oxygens (including phenoxy) is 1. The number of esters is 1. The molecule has 0 radical (unpaired) electrons. The summed E-state index contributed by atoms with van der Waals surface area (Å²) in [6, 6.07) is 3.72. The number of hydrogen-bond acceptors (Lipinski definition) is 6. The van der Waals surface area contributed by atoms with E-state index in [1.165, 1.54) is 0 Å². The predicted molar refractivity (Wildman–Crippen MR) is 81.5 cm³/mol. The fourth-order valence-corrected chi connectivity index (χ4v) is 3.04. The first-order valence-corrected chi connectivity index (χ1v) is 7.75. The van der Waals surface area contributed by atoms with Gasteiger partial charge in [0.15, 0.2) is 11.5 Å². The molecule has 1 N–H and O–H groups in total. The summed E-state index contributed by atoms with van der Waals surface area (Å²) in [6.07, 6.45) is 3.87. The van der Waals surface area contributed by atoms with Crippen molar-refractivity contribution in [1.82, 2.24) is 19.8 Å². The summed E-state index contributed by atoms with van der Waals surface area (Å²) in [7, 11) is 0. The Morgan fingerprint density at radius 1 is 1.36 bits per heavy atom. The number of nitrogens with zero attached hydrogens (tertiary/aromatic N) is 4. The van der Waals surface area contributed by atoms with E-state index in [0.29, 0.717) is 24.6 Å². The van der Waals surface area contributed by atoms with Crippen LogP contribution in [0.3, 0.4) is 0 Å². The van der Waals surface area contributed by atoms with Gasteiger partial charge >= 0.3 is 5.97 Å². The number of aryl methyl sites for hydroxylation is 1. The number of rotatable bonds is 5. The molecular weight excluding hydrogens is 282 g/mol. The molecule has 7 nitrogen and oxygen atoms in total. The molecule has 2 heterocycles. The average Bonchev–Trinajstić information content (AvgIpc) is 3.14. The van der Waals surface area contributed by atoms with E-state index < -0.39 is 5.41 Å². The van der Waals surface area contributed by atoms with Gasteiger partial charge in [-0.3, -0.25) is 4.79 Å². The van der Waals surface area contributed by atoms with E-state index >= 15 is 0 Å². The summed E-state index contributed by atoms with van der Waals surface area (Å²) in [4.78, 5) is 12.3. The number of aromatic nitrogens is 4. The van der Waals surface area contributed by atoms with E-state index in [1.807, 2.05) is 26.0 Å². The fraction of sp³-hybridized carbons (Fsp3) is 0.600. The Morgan fingerprint density at radius 3 is 2.86 bits per heavy atom. The van der Waals surface area contributed by atoms with Crippen LogP contribution < -0.4 is 5.32 Å². The Labute approximate surface area is 129 Å². The van der Waals surface area contributed by atoms with Crippen LogP contribution in [0.5, 0.6) is 0 Å². The van der Waals surface area contributed by atoms with E-state index in [-0.39, 0.29) is 5.97 Å². The van der Waals surface area contributed by atoms with Gasteiger partial charge in [0.05, 0.1) is 12.0 Å². The smallest absolute Gasteiger partial charge is 0.313 e. The van der Waals surface area contributed by atoms with Crippen molar-refractivity contribution < 1.29 is 9.53 Å². The molecule has 118 valence electrons. The first-order valence-electron chi connectivity index (χ1n) is 7.75. The maximum atomic E-state index is 12.3. The van der Waals surface area contributed by atoms with E-state index in [1.54, 1.807) is 4.52 Å². The molecule has 2 aromatic heterocycles. The molecule has 0 aromatic carbocycles. The van der Waals surface area contributed by atoms with Gasteiger partial charge in [-0.05, 0) is 38.8 Å². The first kappa shape index (κ1) is 14.7. The summed E-state index contributed by atoms with van der Waals surface area (Å²) in [5.74, 6) is 1.35. The minimum absolute atomic E-state index is 0.0958. The van der Waals surface area contributed by atoms with Gasteiger partial charge < -0.3 is 10.1 Å². The summed E-state index contributed by atoms with van der Waals surface area (Å²) in [5, 5.41) is 15.7. The summed E-state index contributed by atoms with van der Waals surface area (Å²) >= 11 is 0. The molecule has 0 unspecified atom stereocenters. The zero-order valence-corrected chi connectivity index (χ0v) is 13.0. The quantitative estimate of drug-likeness (QED) is 0.850. The maximum absolute atomic E-state index is 12.3. The molecule has 0 amide bonds. The van der Waals surface area contributed by atoms with Crippen LogP contribution in [0.4, 0.5) is 5.82 Å². The standard InChI is InChI=1S/C15H21N5O2/c1-3-22-14(21)15(8-4-5-9-15)10-16-12-6-7-13-18-17-11(2)20(13)19-12/h6-7H,3-5,8-10H2,1-2H3,(H,16,19). The molecular formula is C15H21N5O2. The molecule has 2 aromatic rings. The van der Waals surface area contributed by atoms with Crippen LogP contribution in [0, 0.1) is 12.3 Å². The molecule has 0 bridgehead atoms. The van der Waals surface area contributed by atoms with Crippen molar-refractivity contribution in [2.24, 2.45) is 5.41 Å². The van der Waals surface area contributed by atoms with Crippen molar-refractivity contribution in [1.29, 1.82) is 0 Å². The average molecular weight is 303 g/mol. The van der Waals surface area contributed by atoms with Crippen molar-refractivity contribution in [3.63, 3.8) is 0 Å². The molecule has 0 aliphatic heterocycles. The number of anilines is 1. The topological polar surface area (TPSA) is 81.4 Å². The molecule has 7 heteroatoms. The minimum Gasteiger partial charge on any atom is -0.466 e. The number of hydrogen-bond donors (Lipinski definition) is 1. The molecule has 1 saturated carbocycles. The van der Waals surface area contributed by atoms with Crippen molar-refractivity contribution >= 4 is 17.4 Å². The van der Waals surface area contributed by atoms with E-state index in [9.17, 15) is 4.79 Å². The molecule has 3 rings (SSSR count). The highest BCUT2D eigenvalue weighted by molar-refractivity contribution is 5.78. The van der Waals surface area contributed by atoms with Crippen LogP contribution in [-0.2, 0) is 9.53 Å². The Balaban J connectivity index is 1.76. The van der Waals surface area contributed by atoms with Crippen LogP contribution in [0.15, 0.2) is 12.1 Å². The zero-order valence-electron chi connectivity index (χ0n) is 13.0. The minimum atomic E-state index is -0.422. The normalized spacial score (nSPS) is 16.8. The maximum Gasteiger partial charge on any atom is 0.313 e. The second-order valence-electron chi connectivity index (χ2n) is 5.80. The van der Waals surface area contributed by atoms with E-state index in [0.717, 1.165) is 31.5 Å². The van der Waals surface area contributed by atoms with Crippen LogP contribution in [-0.4, -0.2) is 38.9 Å². The lowest BCUT2D eigenvalue weighted by molar-refractivity contribution is -0.154. The first-order chi connectivity index (χ1) is 10.6. The van der Waals surface area contributed by atoms with E-state index in [4.69, 9.17) is 4.74 Å². The number of fused-ring (bicyclic) bond motifs is 1. The van der Waals surface area contributed by atoms with Crippen LogP contribution in [0.2, 0.25) is 0 Å². The molecule has 1 aliphatic carbocycles. The fourth-order valence-electron chi connectivity index (χ4n) is 3.04. The Kier molecular flexibility index (Phi) is 3.96. The Bertz CT molecular complexity index is 676. The summed E-state index contributed by atoms with van der Waals surface area (Å²) < 4.78 is 6.96. The summed E-state index contributed by atoms with van der Waals surface area (Å²) in [5.41, 5.74) is 0.290. The predicted octanol–water partition coefficient (Wildman–Crippen LogP) is 1.97. The third-order valence-corrected chi connectivity index (χ3v) is 4.30. The third-order valence-electron chi connectivity index (χ3n) is 4.30. The second kappa shape index (κ2) is 5.90. The van der Waals surface area contributed by atoms with Gasteiger partial charge in [-0.25, -0.2) is 0 Å². The van der Waals surface area contributed by atoms with Gasteiger partial charge in [0.25, 0.3) is 0 Å². The Morgan fingerprint density at radius 2 is 2.14 bits per heavy atom. The summed E-state index contributed by atoms with van der Waals surface area (Å²) in [6.45, 7) is 4.67. The van der Waals surface area contributed by atoms with Gasteiger partial charge in [-0.2, -0.15) is 4.52 Å². The number of nitrogens with one attached hydrogen (secondary N) is 1. The SMILES string of the molecule is CCOC(=O)C1(CNc2ccc3nnc(C)n3n2)CCCC1. The number of carbonyl (C=O) groups excluding carboxylic acids is 1. The van der Waals surface area contributed by atoms with E-state index in [2.05, 4.69) is 20.6 Å². The molecule has 0 atom stereocenters. The van der Waals surface area contributed by atoms with Gasteiger partial charge in [0, 0.05) is 6.54 Å². The third kappa shape index (κ3) is 2.63. The van der Waals surface area contributed by atoms with Crippen molar-refractivity contribution in [2.75, 3.05) is 18.5 Å². The highest BCUT2D eigenvalue weighted by Gasteiger charge is 2.42. The Hall–Kier alpha value is -2.18. The number of carbonyl (C=O) groups is 1.